The van der Waals surface area contributed by atoms with Crippen LogP contribution in [0.4, 0.5) is 0 Å². The first-order valence-electron chi connectivity index (χ1n) is 4.62. The monoisotopic (exact) mass is 208 g/mol. The fraction of sp³-hybridized carbons (Fsp3) is 0.444. The Kier molecular flexibility index (Phi) is 1.90. The lowest BCUT2D eigenvalue weighted by Gasteiger charge is -2.23. The molecule has 6 heteroatoms. The molecule has 0 aliphatic heterocycles. The van der Waals surface area contributed by atoms with Crippen LogP contribution in [0.1, 0.15) is 0 Å². The first-order chi connectivity index (χ1) is 6.93. The summed E-state index contributed by atoms with van der Waals surface area (Å²) in [7, 11) is 7.49. The van der Waals surface area contributed by atoms with Gasteiger partial charge in [0, 0.05) is 7.05 Å². The summed E-state index contributed by atoms with van der Waals surface area (Å²) in [6.45, 7) is 0. The maximum atomic E-state index is 12.0. The quantitative estimate of drug-likeness (QED) is 0.591. The van der Waals surface area contributed by atoms with Gasteiger partial charge in [0.05, 0.1) is 27.3 Å². The van der Waals surface area contributed by atoms with Crippen LogP contribution in [0.2, 0.25) is 0 Å². The second-order valence-electron chi connectivity index (χ2n) is 4.33. The van der Waals surface area contributed by atoms with Crippen LogP contribution in [-0.2, 0) is 7.05 Å². The molecule has 0 bridgehead atoms. The van der Waals surface area contributed by atoms with Gasteiger partial charge in [0.15, 0.2) is 11.2 Å². The van der Waals surface area contributed by atoms with Crippen molar-refractivity contribution in [2.75, 3.05) is 21.1 Å². The molecule has 0 amide bonds. The van der Waals surface area contributed by atoms with Gasteiger partial charge < -0.3 is 0 Å². The smallest absolute Gasteiger partial charge is 0.275 e. The Morgan fingerprint density at radius 3 is 2.60 bits per heavy atom. The minimum atomic E-state index is -0.0852. The van der Waals surface area contributed by atoms with Crippen molar-refractivity contribution < 1.29 is 0 Å². The maximum absolute atomic E-state index is 12.0. The minimum absolute atomic E-state index is 0.0852. The SMILES string of the molecule is Cn1c(=O)n([N+](C)(C)C)c2cncnc21. The van der Waals surface area contributed by atoms with Crippen LogP contribution < -0.4 is 10.3 Å². The number of imidazole rings is 1. The Labute approximate surface area is 87.0 Å². The third kappa shape index (κ3) is 1.33. The molecule has 2 aromatic heterocycles. The summed E-state index contributed by atoms with van der Waals surface area (Å²) >= 11 is 0. The summed E-state index contributed by atoms with van der Waals surface area (Å²) in [5, 5.41) is 0. The fourth-order valence-corrected chi connectivity index (χ4v) is 1.64. The van der Waals surface area contributed by atoms with E-state index in [0.29, 0.717) is 10.2 Å². The van der Waals surface area contributed by atoms with Crippen molar-refractivity contribution in [1.29, 1.82) is 0 Å². The molecule has 2 rings (SSSR count). The van der Waals surface area contributed by atoms with Crippen molar-refractivity contribution in [1.82, 2.24) is 23.8 Å². The minimum Gasteiger partial charge on any atom is -0.275 e. The Morgan fingerprint density at radius 1 is 1.33 bits per heavy atom. The van der Waals surface area contributed by atoms with Gasteiger partial charge in [-0.3, -0.25) is 4.57 Å². The third-order valence-electron chi connectivity index (χ3n) is 2.29. The first-order valence-corrected chi connectivity index (χ1v) is 4.62. The standard InChI is InChI=1S/C9H14N5O/c1-12-8-7(5-10-6-11-8)13(9(12)15)14(2,3)4/h5-6H,1-4H3/q+1. The van der Waals surface area contributed by atoms with Crippen molar-refractivity contribution in [2.24, 2.45) is 7.05 Å². The summed E-state index contributed by atoms with van der Waals surface area (Å²) < 4.78 is 3.57. The lowest BCUT2D eigenvalue weighted by molar-refractivity contribution is 0.257. The van der Waals surface area contributed by atoms with Crippen LogP contribution in [-0.4, -0.2) is 40.4 Å². The molecule has 80 valence electrons. The van der Waals surface area contributed by atoms with Gasteiger partial charge in [0.1, 0.15) is 6.33 Å². The summed E-state index contributed by atoms with van der Waals surface area (Å²) in [6.07, 6.45) is 3.11. The molecule has 2 aromatic rings. The molecule has 0 saturated carbocycles. The number of nitrogens with zero attached hydrogens (tertiary/aromatic N) is 5. The second-order valence-corrected chi connectivity index (χ2v) is 4.33. The molecule has 15 heavy (non-hydrogen) atoms. The van der Waals surface area contributed by atoms with Gasteiger partial charge >= 0.3 is 5.69 Å². The van der Waals surface area contributed by atoms with Gasteiger partial charge in [0.25, 0.3) is 0 Å². The number of aromatic nitrogens is 4. The van der Waals surface area contributed by atoms with E-state index in [9.17, 15) is 4.79 Å². The molecule has 0 aliphatic rings. The van der Waals surface area contributed by atoms with E-state index in [4.69, 9.17) is 0 Å². The molecule has 0 aromatic carbocycles. The average molecular weight is 208 g/mol. The van der Waals surface area contributed by atoms with E-state index in [2.05, 4.69) is 9.97 Å². The van der Waals surface area contributed by atoms with Crippen LogP contribution in [0, 0.1) is 0 Å². The highest BCUT2D eigenvalue weighted by molar-refractivity contribution is 5.70. The highest BCUT2D eigenvalue weighted by Gasteiger charge is 2.21. The number of quaternary nitrogens is 1. The molecule has 0 unspecified atom stereocenters. The zero-order chi connectivity index (χ0) is 11.2. The van der Waals surface area contributed by atoms with Crippen molar-refractivity contribution >= 4 is 11.2 Å². The molecule has 0 atom stereocenters. The van der Waals surface area contributed by atoms with E-state index < -0.39 is 0 Å². The molecule has 0 N–H and O–H groups in total. The Bertz CT molecular complexity index is 560. The van der Waals surface area contributed by atoms with E-state index >= 15 is 0 Å². The fourth-order valence-electron chi connectivity index (χ4n) is 1.64. The van der Waals surface area contributed by atoms with Gasteiger partial charge in [-0.25, -0.2) is 19.4 Å². The van der Waals surface area contributed by atoms with Crippen molar-refractivity contribution in [3.8, 4) is 0 Å². The molecule has 0 aliphatic carbocycles. The van der Waals surface area contributed by atoms with Gasteiger partial charge in [-0.1, -0.05) is 0 Å². The van der Waals surface area contributed by atoms with E-state index in [1.165, 1.54) is 10.9 Å². The highest BCUT2D eigenvalue weighted by Crippen LogP contribution is 2.08. The molecule has 0 fully saturated rings. The summed E-state index contributed by atoms with van der Waals surface area (Å²) in [5.41, 5.74) is 1.32. The van der Waals surface area contributed by atoms with Crippen LogP contribution in [0.15, 0.2) is 17.3 Å². The number of hydrogen-bond acceptors (Lipinski definition) is 3. The topological polar surface area (TPSA) is 52.7 Å². The zero-order valence-electron chi connectivity index (χ0n) is 9.30. The number of rotatable bonds is 1. The summed E-state index contributed by atoms with van der Waals surface area (Å²) in [6, 6.07) is 0. The molecule has 6 nitrogen and oxygen atoms in total. The van der Waals surface area contributed by atoms with E-state index in [-0.39, 0.29) is 5.69 Å². The second kappa shape index (κ2) is 2.90. The van der Waals surface area contributed by atoms with Gasteiger partial charge in [0.2, 0.25) is 0 Å². The number of hydrogen-bond donors (Lipinski definition) is 0. The molecular weight excluding hydrogens is 194 g/mol. The van der Waals surface area contributed by atoms with E-state index in [1.54, 1.807) is 17.9 Å². The van der Waals surface area contributed by atoms with Gasteiger partial charge in [-0.05, 0) is 0 Å². The molecular formula is C9H14N5O+. The van der Waals surface area contributed by atoms with Crippen LogP contribution in [0.5, 0.6) is 0 Å². The Morgan fingerprint density at radius 2 is 2.00 bits per heavy atom. The molecule has 0 saturated heterocycles. The third-order valence-corrected chi connectivity index (χ3v) is 2.29. The molecule has 0 radical (unpaired) electrons. The van der Waals surface area contributed by atoms with Crippen LogP contribution in [0.3, 0.4) is 0 Å². The van der Waals surface area contributed by atoms with Crippen molar-refractivity contribution in [3.63, 3.8) is 0 Å². The first kappa shape index (κ1) is 9.85. The van der Waals surface area contributed by atoms with Crippen LogP contribution in [0.25, 0.3) is 11.2 Å². The van der Waals surface area contributed by atoms with E-state index in [1.807, 2.05) is 21.1 Å². The largest absolute Gasteiger partial charge is 0.374 e. The summed E-state index contributed by atoms with van der Waals surface area (Å²) in [4.78, 5) is 20.0. The lowest BCUT2D eigenvalue weighted by Crippen LogP contribution is -2.52. The van der Waals surface area contributed by atoms with Crippen molar-refractivity contribution in [3.05, 3.63) is 23.0 Å². The molecule has 0 spiro atoms. The van der Waals surface area contributed by atoms with Gasteiger partial charge in [-0.2, -0.15) is 0 Å². The van der Waals surface area contributed by atoms with Crippen molar-refractivity contribution in [2.45, 2.75) is 0 Å². The van der Waals surface area contributed by atoms with E-state index in [0.717, 1.165) is 5.52 Å². The summed E-state index contributed by atoms with van der Waals surface area (Å²) in [5.74, 6) is 0. The normalized spacial score (nSPS) is 12.3. The number of fused-ring (bicyclic) bond motifs is 1. The average Bonchev–Trinajstić information content (AvgIpc) is 2.39. The molecule has 2 heterocycles. The predicted octanol–water partition coefficient (Wildman–Crippen LogP) is -0.542. The highest BCUT2D eigenvalue weighted by atomic mass is 16.2. The zero-order valence-corrected chi connectivity index (χ0v) is 9.30. The maximum Gasteiger partial charge on any atom is 0.374 e. The Hall–Kier alpha value is -1.69. The van der Waals surface area contributed by atoms with Gasteiger partial charge in [-0.15, -0.1) is 4.68 Å². The lowest BCUT2D eigenvalue weighted by atomic mass is 10.5. The predicted molar refractivity (Wildman–Crippen MR) is 58.1 cm³/mol. The Balaban J connectivity index is 2.97. The number of aryl methyl sites for hydroxylation is 1. The van der Waals surface area contributed by atoms with Crippen LogP contribution >= 0.6 is 0 Å².